The average Bonchev–Trinajstić information content (AvgIpc) is 2.79. The first-order valence-electron chi connectivity index (χ1n) is 5.07. The fourth-order valence-electron chi connectivity index (χ4n) is 1.51. The first kappa shape index (κ1) is 11.4. The maximum atomic E-state index is 11.9. The first-order valence-corrected chi connectivity index (χ1v) is 6.33. The maximum absolute atomic E-state index is 11.9. The second-order valence-electron chi connectivity index (χ2n) is 3.48. The molecule has 0 radical (unpaired) electrons. The summed E-state index contributed by atoms with van der Waals surface area (Å²) >= 11 is 7.64. The summed E-state index contributed by atoms with van der Waals surface area (Å²) in [5.74, 6) is 0.110. The van der Waals surface area contributed by atoms with E-state index in [9.17, 15) is 4.79 Å². The van der Waals surface area contributed by atoms with E-state index in [1.54, 1.807) is 23.5 Å². The monoisotopic (exact) mass is 250 g/mol. The minimum absolute atomic E-state index is 0.110. The van der Waals surface area contributed by atoms with Gasteiger partial charge in [0.05, 0.1) is 5.02 Å². The lowest BCUT2D eigenvalue weighted by molar-refractivity contribution is 0.0983. The van der Waals surface area contributed by atoms with Crippen LogP contribution in [-0.2, 0) is 6.42 Å². The van der Waals surface area contributed by atoms with Crippen LogP contribution in [0.4, 0.5) is 0 Å². The molecule has 16 heavy (non-hydrogen) atoms. The third-order valence-electron chi connectivity index (χ3n) is 2.35. The Hall–Kier alpha value is -1.12. The van der Waals surface area contributed by atoms with Gasteiger partial charge in [-0.2, -0.15) is 0 Å². The number of ketones is 1. The van der Waals surface area contributed by atoms with Crippen LogP contribution in [0.25, 0.3) is 0 Å². The number of hydrogen-bond donors (Lipinski definition) is 0. The van der Waals surface area contributed by atoms with Gasteiger partial charge in [-0.25, -0.2) is 0 Å². The summed E-state index contributed by atoms with van der Waals surface area (Å²) < 4.78 is 0. The van der Waals surface area contributed by atoms with Crippen LogP contribution in [0, 0.1) is 0 Å². The molecule has 0 saturated carbocycles. The molecule has 82 valence electrons. The lowest BCUT2D eigenvalue weighted by atomic mass is 10.1. The van der Waals surface area contributed by atoms with Gasteiger partial charge in [-0.15, -0.1) is 11.3 Å². The first-order chi connectivity index (χ1) is 7.77. The summed E-state index contributed by atoms with van der Waals surface area (Å²) in [5.41, 5.74) is 0.626. The molecule has 0 amide bonds. The minimum atomic E-state index is 0.110. The highest BCUT2D eigenvalue weighted by Gasteiger charge is 2.09. The molecule has 0 N–H and O–H groups in total. The van der Waals surface area contributed by atoms with Gasteiger partial charge in [0.2, 0.25) is 0 Å². The molecule has 1 aromatic carbocycles. The topological polar surface area (TPSA) is 17.1 Å². The molecule has 0 unspecified atom stereocenters. The fraction of sp³-hybridized carbons (Fsp3) is 0.154. The number of hydrogen-bond acceptors (Lipinski definition) is 2. The largest absolute Gasteiger partial charge is 0.294 e. The van der Waals surface area contributed by atoms with Gasteiger partial charge in [-0.3, -0.25) is 4.79 Å². The molecule has 0 aliphatic carbocycles. The van der Waals surface area contributed by atoms with Gasteiger partial charge in [-0.05, 0) is 30.0 Å². The van der Waals surface area contributed by atoms with Crippen molar-refractivity contribution in [1.29, 1.82) is 0 Å². The van der Waals surface area contributed by atoms with Crippen LogP contribution in [0.15, 0.2) is 41.8 Å². The Morgan fingerprint density at radius 1 is 1.19 bits per heavy atom. The Labute approximate surface area is 104 Å². The van der Waals surface area contributed by atoms with Crippen LogP contribution in [-0.4, -0.2) is 5.78 Å². The zero-order valence-electron chi connectivity index (χ0n) is 8.65. The number of thiophene rings is 1. The molecule has 1 aromatic heterocycles. The van der Waals surface area contributed by atoms with E-state index in [-0.39, 0.29) is 5.78 Å². The van der Waals surface area contributed by atoms with Gasteiger partial charge in [-0.1, -0.05) is 29.8 Å². The van der Waals surface area contributed by atoms with E-state index in [0.29, 0.717) is 17.0 Å². The predicted molar refractivity (Wildman–Crippen MR) is 68.4 cm³/mol. The molecule has 2 rings (SSSR count). The maximum Gasteiger partial charge on any atom is 0.164 e. The number of rotatable bonds is 4. The summed E-state index contributed by atoms with van der Waals surface area (Å²) in [7, 11) is 0. The van der Waals surface area contributed by atoms with Crippen molar-refractivity contribution in [3.8, 4) is 0 Å². The average molecular weight is 251 g/mol. The van der Waals surface area contributed by atoms with Crippen molar-refractivity contribution in [3.63, 3.8) is 0 Å². The second kappa shape index (κ2) is 5.28. The van der Waals surface area contributed by atoms with Gasteiger partial charge in [0.1, 0.15) is 0 Å². The van der Waals surface area contributed by atoms with Crippen LogP contribution < -0.4 is 0 Å². The molecule has 0 saturated heterocycles. The van der Waals surface area contributed by atoms with Crippen LogP contribution in [0.5, 0.6) is 0 Å². The number of carbonyl (C=O) groups excluding carboxylic acids is 1. The Kier molecular flexibility index (Phi) is 3.75. The van der Waals surface area contributed by atoms with Crippen molar-refractivity contribution in [2.75, 3.05) is 0 Å². The van der Waals surface area contributed by atoms with E-state index in [4.69, 9.17) is 11.6 Å². The number of carbonyl (C=O) groups is 1. The van der Waals surface area contributed by atoms with Gasteiger partial charge >= 0.3 is 0 Å². The van der Waals surface area contributed by atoms with Gasteiger partial charge < -0.3 is 0 Å². The fourth-order valence-corrected chi connectivity index (χ4v) is 2.46. The Morgan fingerprint density at radius 3 is 2.69 bits per heavy atom. The molecule has 0 spiro atoms. The minimum Gasteiger partial charge on any atom is -0.294 e. The lowest BCUT2D eigenvalue weighted by Gasteiger charge is -2.02. The highest BCUT2D eigenvalue weighted by atomic mass is 35.5. The summed E-state index contributed by atoms with van der Waals surface area (Å²) in [6, 6.07) is 11.2. The molecule has 2 aromatic rings. The standard InChI is InChI=1S/C13H11ClOS/c14-12-6-2-1-5-11(12)13(15)8-7-10-4-3-9-16-10/h1-6,9H,7-8H2. The molecule has 0 bridgehead atoms. The highest BCUT2D eigenvalue weighted by molar-refractivity contribution is 7.09. The molecule has 0 fully saturated rings. The summed E-state index contributed by atoms with van der Waals surface area (Å²) in [5, 5.41) is 2.56. The van der Waals surface area contributed by atoms with Crippen molar-refractivity contribution in [1.82, 2.24) is 0 Å². The Morgan fingerprint density at radius 2 is 2.00 bits per heavy atom. The summed E-state index contributed by atoms with van der Waals surface area (Å²) in [6.45, 7) is 0. The van der Waals surface area contributed by atoms with Gasteiger partial charge in [0, 0.05) is 16.9 Å². The zero-order chi connectivity index (χ0) is 11.4. The quantitative estimate of drug-likeness (QED) is 0.743. The molecule has 0 aliphatic rings. The zero-order valence-corrected chi connectivity index (χ0v) is 10.2. The molecular weight excluding hydrogens is 240 g/mol. The van der Waals surface area contributed by atoms with Crippen LogP contribution in [0.1, 0.15) is 21.7 Å². The molecular formula is C13H11ClOS. The van der Waals surface area contributed by atoms with E-state index in [0.717, 1.165) is 6.42 Å². The molecule has 3 heteroatoms. The summed E-state index contributed by atoms with van der Waals surface area (Å²) in [6.07, 6.45) is 1.31. The van der Waals surface area contributed by atoms with E-state index in [1.165, 1.54) is 4.88 Å². The third kappa shape index (κ3) is 2.71. The van der Waals surface area contributed by atoms with Gasteiger partial charge in [0.25, 0.3) is 0 Å². The SMILES string of the molecule is O=C(CCc1cccs1)c1ccccc1Cl. The van der Waals surface area contributed by atoms with E-state index >= 15 is 0 Å². The van der Waals surface area contributed by atoms with Crippen molar-refractivity contribution in [2.45, 2.75) is 12.8 Å². The van der Waals surface area contributed by atoms with Crippen molar-refractivity contribution < 1.29 is 4.79 Å². The van der Waals surface area contributed by atoms with E-state index in [2.05, 4.69) is 0 Å². The molecule has 0 aliphatic heterocycles. The lowest BCUT2D eigenvalue weighted by Crippen LogP contribution is -2.01. The van der Waals surface area contributed by atoms with Crippen LogP contribution >= 0.6 is 22.9 Å². The highest BCUT2D eigenvalue weighted by Crippen LogP contribution is 2.18. The Balaban J connectivity index is 2.01. The van der Waals surface area contributed by atoms with Crippen molar-refractivity contribution in [3.05, 3.63) is 57.2 Å². The molecule has 1 heterocycles. The van der Waals surface area contributed by atoms with Gasteiger partial charge in [0.15, 0.2) is 5.78 Å². The number of halogens is 1. The third-order valence-corrected chi connectivity index (χ3v) is 3.62. The van der Waals surface area contributed by atoms with Crippen molar-refractivity contribution in [2.24, 2.45) is 0 Å². The molecule has 1 nitrogen and oxygen atoms in total. The van der Waals surface area contributed by atoms with Crippen molar-refractivity contribution >= 4 is 28.7 Å². The summed E-state index contributed by atoms with van der Waals surface area (Å²) in [4.78, 5) is 13.1. The number of aryl methyl sites for hydroxylation is 1. The number of benzene rings is 1. The van der Waals surface area contributed by atoms with Crippen LogP contribution in [0.3, 0.4) is 0 Å². The predicted octanol–water partition coefficient (Wildman–Crippen LogP) is 4.22. The Bertz CT molecular complexity index is 476. The molecule has 0 atom stereocenters. The van der Waals surface area contributed by atoms with E-state index in [1.807, 2.05) is 29.6 Å². The van der Waals surface area contributed by atoms with E-state index < -0.39 is 0 Å². The number of Topliss-reactive ketones (excluding diaryl/α,β-unsaturated/α-hetero) is 1. The normalized spacial score (nSPS) is 10.3. The second-order valence-corrected chi connectivity index (χ2v) is 4.92. The van der Waals surface area contributed by atoms with Crippen LogP contribution in [0.2, 0.25) is 5.02 Å². The smallest absolute Gasteiger partial charge is 0.164 e.